The molecule has 11 nitrogen and oxygen atoms in total. The molecule has 1 aliphatic carbocycles. The minimum atomic E-state index is -3.56. The predicted molar refractivity (Wildman–Crippen MR) is 131 cm³/mol. The van der Waals surface area contributed by atoms with Crippen molar-refractivity contribution < 1.29 is 23.4 Å². The molecular formula is C22H28N6O5S2. The van der Waals surface area contributed by atoms with Crippen molar-refractivity contribution in [2.75, 3.05) is 38.2 Å². The third-order valence-electron chi connectivity index (χ3n) is 7.17. The average Bonchev–Trinajstić information content (AvgIpc) is 3.60. The molecule has 0 amide bonds. The summed E-state index contributed by atoms with van der Waals surface area (Å²) in [6.45, 7) is 1.23. The zero-order valence-corrected chi connectivity index (χ0v) is 20.6. The second kappa shape index (κ2) is 8.98. The molecule has 13 heteroatoms. The van der Waals surface area contributed by atoms with Crippen LogP contribution in [0.2, 0.25) is 0 Å². The first-order valence-corrected chi connectivity index (χ1v) is 14.1. The number of pyridine rings is 1. The van der Waals surface area contributed by atoms with Crippen molar-refractivity contribution in [2.24, 2.45) is 11.8 Å². The summed E-state index contributed by atoms with van der Waals surface area (Å²) in [5.41, 5.74) is 2.58. The van der Waals surface area contributed by atoms with Crippen LogP contribution in [0.15, 0.2) is 18.5 Å². The first-order chi connectivity index (χ1) is 16.9. The lowest BCUT2D eigenvalue weighted by Crippen LogP contribution is -2.41. The topological polar surface area (TPSA) is 153 Å². The molecule has 0 bridgehead atoms. The number of hydrogen-bond acceptors (Lipinski definition) is 9. The van der Waals surface area contributed by atoms with Crippen LogP contribution >= 0.6 is 11.3 Å². The van der Waals surface area contributed by atoms with Gasteiger partial charge < -0.3 is 25.3 Å². The molecule has 3 aromatic heterocycles. The lowest BCUT2D eigenvalue weighted by molar-refractivity contribution is 0.117. The number of aliphatic hydroxyl groups excluding tert-OH is 2. The second-order valence-corrected chi connectivity index (χ2v) is 12.2. The number of rotatable bonds is 7. The highest BCUT2D eigenvalue weighted by atomic mass is 32.2. The van der Waals surface area contributed by atoms with Crippen molar-refractivity contribution in [1.29, 1.82) is 0 Å². The Balaban J connectivity index is 1.24. The summed E-state index contributed by atoms with van der Waals surface area (Å²) in [5, 5.41) is 24.8. The number of fused-ring (bicyclic) bond motifs is 3. The summed E-state index contributed by atoms with van der Waals surface area (Å²) in [6, 6.07) is 2.18. The van der Waals surface area contributed by atoms with Crippen molar-refractivity contribution in [3.05, 3.63) is 23.3 Å². The zero-order valence-electron chi connectivity index (χ0n) is 19.0. The molecule has 2 unspecified atom stereocenters. The van der Waals surface area contributed by atoms with Crippen LogP contribution < -0.4 is 14.8 Å². The van der Waals surface area contributed by atoms with E-state index < -0.39 is 16.3 Å². The van der Waals surface area contributed by atoms with Crippen LogP contribution in [0.4, 0.5) is 5.69 Å². The molecule has 5 heterocycles. The maximum Gasteiger partial charge on any atom is 0.279 e. The molecule has 0 spiro atoms. The van der Waals surface area contributed by atoms with E-state index in [1.807, 2.05) is 12.3 Å². The van der Waals surface area contributed by atoms with Crippen molar-refractivity contribution in [1.82, 2.24) is 24.0 Å². The van der Waals surface area contributed by atoms with Crippen molar-refractivity contribution >= 4 is 38.3 Å². The van der Waals surface area contributed by atoms with Gasteiger partial charge in [-0.2, -0.15) is 17.4 Å². The summed E-state index contributed by atoms with van der Waals surface area (Å²) in [5.74, 6) is 1.05. The van der Waals surface area contributed by atoms with Gasteiger partial charge in [-0.05, 0) is 30.7 Å². The highest BCUT2D eigenvalue weighted by Crippen LogP contribution is 2.45. The van der Waals surface area contributed by atoms with E-state index in [4.69, 9.17) is 9.84 Å². The highest BCUT2D eigenvalue weighted by molar-refractivity contribution is 7.87. The molecule has 0 aromatic carbocycles. The molecule has 35 heavy (non-hydrogen) atoms. The van der Waals surface area contributed by atoms with Crippen LogP contribution in [0.3, 0.4) is 0 Å². The highest BCUT2D eigenvalue weighted by Gasteiger charge is 2.44. The van der Waals surface area contributed by atoms with Gasteiger partial charge in [-0.1, -0.05) is 0 Å². The van der Waals surface area contributed by atoms with Gasteiger partial charge in [-0.3, -0.25) is 0 Å². The maximum atomic E-state index is 12.5. The lowest BCUT2D eigenvalue weighted by atomic mass is 10.0. The fourth-order valence-electron chi connectivity index (χ4n) is 5.51. The van der Waals surface area contributed by atoms with Gasteiger partial charge in [0.25, 0.3) is 10.2 Å². The molecule has 4 atom stereocenters. The number of aliphatic hydroxyl groups is 2. The van der Waals surface area contributed by atoms with Gasteiger partial charge >= 0.3 is 0 Å². The van der Waals surface area contributed by atoms with Gasteiger partial charge in [0.05, 0.1) is 35.4 Å². The molecule has 1 saturated carbocycles. The number of hydrogen-bond donors (Lipinski definition) is 5. The fourth-order valence-corrected chi connectivity index (χ4v) is 7.87. The van der Waals surface area contributed by atoms with E-state index in [-0.39, 0.29) is 31.0 Å². The molecule has 188 valence electrons. The van der Waals surface area contributed by atoms with E-state index in [0.29, 0.717) is 32.0 Å². The standard InChI is InChI=1S/C22H28N6O5S2/c29-5-4-25-35(31,32)28-10-12-7-14(8-13(12)11-28)26-18-15-1-3-23-20(15)24-9-16(18)22-27-21-19(34-22)17(30)2-6-33-21/h1,3,9,12-14,17,25,29-30H,2,4-8,10-11H2,(H2,23,24,26)/t12-,13+,14?,17?. The van der Waals surface area contributed by atoms with Crippen molar-refractivity contribution in [3.8, 4) is 16.5 Å². The largest absolute Gasteiger partial charge is 0.477 e. The van der Waals surface area contributed by atoms with Crippen LogP contribution in [0.5, 0.6) is 5.88 Å². The number of aromatic nitrogens is 3. The number of nitrogens with one attached hydrogen (secondary N) is 3. The molecule has 3 aliphatic rings. The van der Waals surface area contributed by atoms with E-state index in [2.05, 4.69) is 25.0 Å². The van der Waals surface area contributed by atoms with Gasteiger partial charge in [0, 0.05) is 49.9 Å². The number of H-pyrrole nitrogens is 1. The minimum absolute atomic E-state index is 0.0259. The zero-order chi connectivity index (χ0) is 24.2. The maximum absolute atomic E-state index is 12.5. The summed E-state index contributed by atoms with van der Waals surface area (Å²) in [4.78, 5) is 13.1. The van der Waals surface area contributed by atoms with Gasteiger partial charge in [-0.15, -0.1) is 11.3 Å². The Kier molecular flexibility index (Phi) is 5.93. The monoisotopic (exact) mass is 520 g/mol. The SMILES string of the molecule is O=S(=O)(NCCO)N1C[C@H]2CC(Nc3c(-c4nc5c(s4)C(O)CCO5)cnc4[nH]ccc34)C[C@H]2C1. The number of thiazole rings is 1. The summed E-state index contributed by atoms with van der Waals surface area (Å²) >= 11 is 1.43. The smallest absolute Gasteiger partial charge is 0.279 e. The van der Waals surface area contributed by atoms with Crippen LogP contribution in [-0.4, -0.2) is 76.8 Å². The fraction of sp³-hybridized carbons (Fsp3) is 0.545. The minimum Gasteiger partial charge on any atom is -0.477 e. The van der Waals surface area contributed by atoms with E-state index in [9.17, 15) is 13.5 Å². The third kappa shape index (κ3) is 4.19. The Labute approximate surface area is 206 Å². The van der Waals surface area contributed by atoms with E-state index in [0.717, 1.165) is 45.0 Å². The first-order valence-electron chi connectivity index (χ1n) is 11.8. The number of ether oxygens (including phenoxy) is 1. The third-order valence-corrected chi connectivity index (χ3v) is 9.89. The average molecular weight is 521 g/mol. The number of aromatic amines is 1. The van der Waals surface area contributed by atoms with Gasteiger partial charge in [-0.25, -0.2) is 9.97 Å². The van der Waals surface area contributed by atoms with Gasteiger partial charge in [0.2, 0.25) is 5.88 Å². The number of nitrogens with zero attached hydrogens (tertiary/aromatic N) is 3. The molecule has 6 rings (SSSR count). The lowest BCUT2D eigenvalue weighted by Gasteiger charge is -2.21. The molecule has 1 saturated heterocycles. The quantitative estimate of drug-likeness (QED) is 0.314. The Morgan fingerprint density at radius 2 is 2.09 bits per heavy atom. The molecule has 3 aromatic rings. The Bertz CT molecular complexity index is 1330. The molecule has 2 aliphatic heterocycles. The molecule has 0 radical (unpaired) electrons. The van der Waals surface area contributed by atoms with Gasteiger partial charge in [0.15, 0.2) is 0 Å². The Morgan fingerprint density at radius 1 is 1.29 bits per heavy atom. The van der Waals surface area contributed by atoms with Gasteiger partial charge in [0.1, 0.15) is 10.7 Å². The summed E-state index contributed by atoms with van der Waals surface area (Å²) in [6.07, 6.45) is 5.38. The first kappa shape index (κ1) is 23.1. The van der Waals surface area contributed by atoms with Crippen LogP contribution in [0.25, 0.3) is 21.6 Å². The van der Waals surface area contributed by atoms with E-state index >= 15 is 0 Å². The Morgan fingerprint density at radius 3 is 2.83 bits per heavy atom. The van der Waals surface area contributed by atoms with Crippen LogP contribution in [0, 0.1) is 11.8 Å². The van der Waals surface area contributed by atoms with Crippen LogP contribution in [0.1, 0.15) is 30.2 Å². The van der Waals surface area contributed by atoms with Crippen LogP contribution in [-0.2, 0) is 10.2 Å². The predicted octanol–water partition coefficient (Wildman–Crippen LogP) is 1.45. The Hall–Kier alpha value is -2.29. The normalized spacial score (nSPS) is 26.6. The second-order valence-electron chi connectivity index (χ2n) is 9.40. The molecule has 5 N–H and O–H groups in total. The molecule has 2 fully saturated rings. The van der Waals surface area contributed by atoms with Crippen molar-refractivity contribution in [2.45, 2.75) is 31.4 Å². The van der Waals surface area contributed by atoms with E-state index in [1.165, 1.54) is 15.6 Å². The van der Waals surface area contributed by atoms with Crippen molar-refractivity contribution in [3.63, 3.8) is 0 Å². The number of anilines is 1. The molecular weight excluding hydrogens is 492 g/mol. The van der Waals surface area contributed by atoms with E-state index in [1.54, 1.807) is 6.20 Å². The summed E-state index contributed by atoms with van der Waals surface area (Å²) in [7, 11) is -3.56. The summed E-state index contributed by atoms with van der Waals surface area (Å²) < 4.78 is 34.5.